The number of fused-ring (bicyclic) bond motifs is 1. The zero-order chi connectivity index (χ0) is 17.6. The minimum atomic E-state index is -3.02. The van der Waals surface area contributed by atoms with Gasteiger partial charge in [-0.25, -0.2) is 8.42 Å². The molecular formula is C16H24IN3O3S2. The predicted octanol–water partition coefficient (Wildman–Crippen LogP) is 2.15. The Kier molecular flexibility index (Phi) is 9.11. The van der Waals surface area contributed by atoms with Crippen LogP contribution in [0.4, 0.5) is 0 Å². The van der Waals surface area contributed by atoms with Crippen molar-refractivity contribution < 1.29 is 13.5 Å². The number of guanidine groups is 1. The van der Waals surface area contributed by atoms with Gasteiger partial charge in [0.05, 0.1) is 12.3 Å². The number of aliphatic imine (C=N–C) groups is 1. The van der Waals surface area contributed by atoms with Gasteiger partial charge in [-0.3, -0.25) is 4.99 Å². The third kappa shape index (κ3) is 7.47. The van der Waals surface area contributed by atoms with Gasteiger partial charge in [-0.2, -0.15) is 0 Å². The van der Waals surface area contributed by atoms with Crippen LogP contribution in [0.25, 0.3) is 10.1 Å². The number of aliphatic hydroxyl groups excluding tert-OH is 1. The Morgan fingerprint density at radius 1 is 1.32 bits per heavy atom. The summed E-state index contributed by atoms with van der Waals surface area (Å²) >= 11 is 1.55. The number of nitrogens with zero attached hydrogens (tertiary/aromatic N) is 1. The van der Waals surface area contributed by atoms with Crippen LogP contribution in [0.1, 0.15) is 17.9 Å². The number of benzene rings is 1. The van der Waals surface area contributed by atoms with E-state index in [0.29, 0.717) is 12.5 Å². The summed E-state index contributed by atoms with van der Waals surface area (Å²) < 4.78 is 23.5. The zero-order valence-corrected chi connectivity index (χ0v) is 18.2. The Labute approximate surface area is 169 Å². The molecule has 6 nitrogen and oxygen atoms in total. The van der Waals surface area contributed by atoms with Crippen molar-refractivity contribution in [1.82, 2.24) is 10.6 Å². The van der Waals surface area contributed by atoms with E-state index in [1.807, 2.05) is 37.3 Å². The fourth-order valence-electron chi connectivity index (χ4n) is 2.13. The van der Waals surface area contributed by atoms with Crippen LogP contribution in [0, 0.1) is 0 Å². The smallest absolute Gasteiger partial charge is 0.191 e. The van der Waals surface area contributed by atoms with E-state index in [-0.39, 0.29) is 42.8 Å². The lowest BCUT2D eigenvalue weighted by Gasteiger charge is -2.12. The summed E-state index contributed by atoms with van der Waals surface area (Å²) in [5.74, 6) is 0.539. The molecule has 0 aliphatic carbocycles. The van der Waals surface area contributed by atoms with E-state index in [9.17, 15) is 13.5 Å². The van der Waals surface area contributed by atoms with Crippen molar-refractivity contribution in [3.05, 3.63) is 35.2 Å². The summed E-state index contributed by atoms with van der Waals surface area (Å²) in [5.41, 5.74) is 0. The van der Waals surface area contributed by atoms with Gasteiger partial charge in [0, 0.05) is 28.9 Å². The zero-order valence-electron chi connectivity index (χ0n) is 14.2. The number of aliphatic hydroxyl groups is 1. The van der Waals surface area contributed by atoms with Crippen molar-refractivity contribution in [3.8, 4) is 0 Å². The van der Waals surface area contributed by atoms with Crippen LogP contribution in [0.2, 0.25) is 0 Å². The molecule has 1 atom stereocenters. The molecule has 0 spiro atoms. The monoisotopic (exact) mass is 497 g/mol. The van der Waals surface area contributed by atoms with E-state index in [4.69, 9.17) is 0 Å². The molecule has 2 rings (SSSR count). The highest BCUT2D eigenvalue weighted by molar-refractivity contribution is 14.0. The van der Waals surface area contributed by atoms with Crippen LogP contribution >= 0.6 is 35.3 Å². The number of rotatable bonds is 7. The molecule has 0 saturated heterocycles. The molecule has 1 aromatic carbocycles. The molecule has 1 heterocycles. The van der Waals surface area contributed by atoms with Gasteiger partial charge in [0.2, 0.25) is 0 Å². The minimum Gasteiger partial charge on any atom is -0.386 e. The van der Waals surface area contributed by atoms with Crippen molar-refractivity contribution in [3.63, 3.8) is 0 Å². The molecule has 25 heavy (non-hydrogen) atoms. The highest BCUT2D eigenvalue weighted by Crippen LogP contribution is 2.29. The highest BCUT2D eigenvalue weighted by Gasteiger charge is 2.11. The Bertz CT molecular complexity index is 773. The molecule has 1 aromatic heterocycles. The SMILES string of the molecule is CCNC(=NCC(O)c1cc2ccccc2s1)NCCS(C)(=O)=O.I. The molecule has 2 aromatic rings. The Morgan fingerprint density at radius 3 is 2.68 bits per heavy atom. The fraction of sp³-hybridized carbons (Fsp3) is 0.438. The maximum absolute atomic E-state index is 11.2. The molecule has 0 saturated carbocycles. The van der Waals surface area contributed by atoms with Crippen LogP contribution in [-0.2, 0) is 9.84 Å². The van der Waals surface area contributed by atoms with Gasteiger partial charge in [0.15, 0.2) is 5.96 Å². The molecule has 3 N–H and O–H groups in total. The maximum Gasteiger partial charge on any atom is 0.191 e. The lowest BCUT2D eigenvalue weighted by molar-refractivity contribution is 0.191. The normalized spacial score (nSPS) is 13.3. The summed E-state index contributed by atoms with van der Waals surface area (Å²) in [6.45, 7) is 3.07. The topological polar surface area (TPSA) is 90.8 Å². The van der Waals surface area contributed by atoms with E-state index in [0.717, 1.165) is 15.0 Å². The van der Waals surface area contributed by atoms with Crippen LogP contribution < -0.4 is 10.6 Å². The second-order valence-electron chi connectivity index (χ2n) is 5.48. The number of thiophene rings is 1. The van der Waals surface area contributed by atoms with Gasteiger partial charge in [-0.1, -0.05) is 18.2 Å². The molecule has 0 radical (unpaired) electrons. The first-order valence-electron chi connectivity index (χ1n) is 7.75. The molecule has 0 bridgehead atoms. The lowest BCUT2D eigenvalue weighted by atomic mass is 10.2. The number of hydrogen-bond acceptors (Lipinski definition) is 5. The van der Waals surface area contributed by atoms with E-state index in [1.165, 1.54) is 6.26 Å². The van der Waals surface area contributed by atoms with E-state index >= 15 is 0 Å². The Morgan fingerprint density at radius 2 is 2.04 bits per heavy atom. The average molecular weight is 497 g/mol. The maximum atomic E-state index is 11.2. The summed E-state index contributed by atoms with van der Waals surface area (Å²) in [6.07, 6.45) is 0.511. The van der Waals surface area contributed by atoms with Crippen molar-refractivity contribution in [2.24, 2.45) is 4.99 Å². The molecular weight excluding hydrogens is 473 g/mol. The Balaban J connectivity index is 0.00000312. The van der Waals surface area contributed by atoms with E-state index < -0.39 is 15.9 Å². The molecule has 9 heteroatoms. The summed E-state index contributed by atoms with van der Waals surface area (Å²) in [4.78, 5) is 5.20. The average Bonchev–Trinajstić information content (AvgIpc) is 2.95. The number of sulfone groups is 1. The largest absolute Gasteiger partial charge is 0.386 e. The van der Waals surface area contributed by atoms with Crippen LogP contribution in [0.3, 0.4) is 0 Å². The molecule has 1 unspecified atom stereocenters. The lowest BCUT2D eigenvalue weighted by Crippen LogP contribution is -2.39. The van der Waals surface area contributed by atoms with E-state index in [1.54, 1.807) is 11.3 Å². The van der Waals surface area contributed by atoms with Crippen molar-refractivity contribution in [1.29, 1.82) is 0 Å². The van der Waals surface area contributed by atoms with Gasteiger partial charge in [-0.15, -0.1) is 35.3 Å². The molecule has 140 valence electrons. The standard InChI is InChI=1S/C16H23N3O3S2.HI/c1-3-17-16(18-8-9-24(2,21)22)19-11-13(20)15-10-12-6-4-5-7-14(12)23-15;/h4-7,10,13,20H,3,8-9,11H2,1-2H3,(H2,17,18,19);1H. The minimum absolute atomic E-state index is 0. The van der Waals surface area contributed by atoms with Gasteiger partial charge >= 0.3 is 0 Å². The predicted molar refractivity (Wildman–Crippen MR) is 116 cm³/mol. The number of nitrogens with one attached hydrogen (secondary N) is 2. The molecule has 0 amide bonds. The first-order chi connectivity index (χ1) is 11.4. The third-order valence-corrected chi connectivity index (χ3v) is 5.47. The van der Waals surface area contributed by atoms with Gasteiger partial charge in [0.1, 0.15) is 15.9 Å². The number of hydrogen-bond donors (Lipinski definition) is 3. The van der Waals surface area contributed by atoms with Gasteiger partial charge < -0.3 is 15.7 Å². The second kappa shape index (κ2) is 10.3. The van der Waals surface area contributed by atoms with Gasteiger partial charge in [-0.05, 0) is 24.4 Å². The fourth-order valence-corrected chi connectivity index (χ4v) is 3.65. The summed E-state index contributed by atoms with van der Waals surface area (Å²) in [5, 5.41) is 17.5. The second-order valence-corrected chi connectivity index (χ2v) is 8.85. The van der Waals surface area contributed by atoms with E-state index in [2.05, 4.69) is 15.6 Å². The molecule has 0 fully saturated rings. The van der Waals surface area contributed by atoms with Crippen LogP contribution in [0.15, 0.2) is 35.3 Å². The van der Waals surface area contributed by atoms with Crippen molar-refractivity contribution in [2.75, 3.05) is 31.6 Å². The molecule has 0 aliphatic heterocycles. The first-order valence-corrected chi connectivity index (χ1v) is 10.6. The quantitative estimate of drug-likeness (QED) is 0.310. The van der Waals surface area contributed by atoms with Gasteiger partial charge in [0.25, 0.3) is 0 Å². The van der Waals surface area contributed by atoms with Crippen LogP contribution in [-0.4, -0.2) is 51.1 Å². The Hall–Kier alpha value is -0.910. The molecule has 0 aliphatic rings. The summed E-state index contributed by atoms with van der Waals surface area (Å²) in [6, 6.07) is 9.96. The first kappa shape index (κ1) is 22.1. The van der Waals surface area contributed by atoms with Crippen molar-refractivity contribution >= 4 is 61.2 Å². The third-order valence-electron chi connectivity index (χ3n) is 3.30. The summed E-state index contributed by atoms with van der Waals surface area (Å²) in [7, 11) is -3.02. The highest BCUT2D eigenvalue weighted by atomic mass is 127. The van der Waals surface area contributed by atoms with Crippen LogP contribution in [0.5, 0.6) is 0 Å². The number of halogens is 1. The van der Waals surface area contributed by atoms with Crippen molar-refractivity contribution in [2.45, 2.75) is 13.0 Å².